The summed E-state index contributed by atoms with van der Waals surface area (Å²) in [6, 6.07) is 5.41. The summed E-state index contributed by atoms with van der Waals surface area (Å²) in [5, 5.41) is 81.0. The van der Waals surface area contributed by atoms with Crippen molar-refractivity contribution in [2.45, 2.75) is 83.0 Å². The Morgan fingerprint density at radius 2 is 1.03 bits per heavy atom. The highest BCUT2D eigenvalue weighted by atomic mass is 32.1. The van der Waals surface area contributed by atoms with E-state index >= 15 is 0 Å². The van der Waals surface area contributed by atoms with Crippen LogP contribution in [0.2, 0.25) is 0 Å². The Kier molecular flexibility index (Phi) is 28.5. The number of nitrogens with two attached hydrogens (primary N) is 1. The number of urea groups is 1. The molecule has 14 N–H and O–H groups in total. The zero-order valence-corrected chi connectivity index (χ0v) is 40.1. The van der Waals surface area contributed by atoms with Gasteiger partial charge in [-0.05, 0) is 74.0 Å². The van der Waals surface area contributed by atoms with Crippen LogP contribution in [0.1, 0.15) is 67.2 Å². The van der Waals surface area contributed by atoms with Crippen molar-refractivity contribution >= 4 is 65.0 Å². The van der Waals surface area contributed by atoms with Gasteiger partial charge in [-0.1, -0.05) is 24.3 Å². The Hall–Kier alpha value is -6.87. The molecule has 0 radical (unpaired) electrons. The standard InChI is InChI=1S/C45H66N8O17S/c46-44(71)49-16-20-70-22-21-69-19-15-48-38(57)12-7-30-5-10-36(55)32(24-30)26-53(28-41(62)63)18-17-52(27-40(60)61)25-31-23-29(4-9-35(31)54)6-11-37(56)47-14-2-1-3-33(42(64)65)50-45(68)51-34(43(66)67)8-13-39(58)59/h4-5,9-10,23-24,33-34,54-55H,1-3,6-8,11-22,25-28H2,(H,47,56)(H,48,57)(H,58,59)(H,60,61)(H,62,63)(H,64,65)(H,66,67)(H3,46,49,71)(H2,50,51,68). The van der Waals surface area contributed by atoms with Crippen molar-refractivity contribution in [3.63, 3.8) is 0 Å². The molecule has 71 heavy (non-hydrogen) atoms. The van der Waals surface area contributed by atoms with E-state index in [1.54, 1.807) is 24.3 Å². The number of hydrogen-bond donors (Lipinski definition) is 13. The average Bonchev–Trinajstić information content (AvgIpc) is 3.29. The van der Waals surface area contributed by atoms with Crippen molar-refractivity contribution in [2.75, 3.05) is 72.2 Å². The summed E-state index contributed by atoms with van der Waals surface area (Å²) in [7, 11) is 0. The molecule has 0 fully saturated rings. The van der Waals surface area contributed by atoms with Crippen LogP contribution in [0.3, 0.4) is 0 Å². The topological polar surface area (TPSA) is 389 Å². The van der Waals surface area contributed by atoms with E-state index in [1.807, 2.05) is 0 Å². The molecule has 0 aliphatic rings. The summed E-state index contributed by atoms with van der Waals surface area (Å²) in [4.78, 5) is 98.0. The van der Waals surface area contributed by atoms with E-state index < -0.39 is 73.9 Å². The van der Waals surface area contributed by atoms with E-state index in [0.29, 0.717) is 55.9 Å². The molecule has 0 aliphatic carbocycles. The molecule has 2 aromatic rings. The highest BCUT2D eigenvalue weighted by Gasteiger charge is 2.25. The van der Waals surface area contributed by atoms with Crippen molar-refractivity contribution in [1.82, 2.24) is 36.4 Å². The molecule has 0 bridgehead atoms. The maximum Gasteiger partial charge on any atom is 0.326 e. The summed E-state index contributed by atoms with van der Waals surface area (Å²) in [6.45, 7) is 1.44. The van der Waals surface area contributed by atoms with Gasteiger partial charge in [0, 0.05) is 76.2 Å². The number of ether oxygens (including phenoxy) is 2. The lowest BCUT2D eigenvalue weighted by atomic mass is 10.0. The number of carbonyl (C=O) groups excluding carboxylic acids is 3. The first-order valence-electron chi connectivity index (χ1n) is 22.7. The number of nitrogens with zero attached hydrogens (tertiary/aromatic N) is 2. The van der Waals surface area contributed by atoms with Gasteiger partial charge in [0.25, 0.3) is 0 Å². The number of carboxylic acids is 5. The van der Waals surface area contributed by atoms with Crippen LogP contribution < -0.4 is 32.3 Å². The summed E-state index contributed by atoms with van der Waals surface area (Å²) in [6.07, 6.45) is 0.320. The number of aromatic hydroxyl groups is 2. The zero-order chi connectivity index (χ0) is 52.7. The minimum atomic E-state index is -1.54. The van der Waals surface area contributed by atoms with Gasteiger partial charge in [0.05, 0.1) is 39.5 Å². The molecule has 2 atom stereocenters. The maximum atomic E-state index is 12.7. The largest absolute Gasteiger partial charge is 0.508 e. The molecule has 0 heterocycles. The third-order valence-electron chi connectivity index (χ3n) is 10.4. The van der Waals surface area contributed by atoms with Crippen molar-refractivity contribution in [3.8, 4) is 11.5 Å². The van der Waals surface area contributed by atoms with Crippen LogP contribution in [0.5, 0.6) is 11.5 Å². The molecule has 0 aliphatic heterocycles. The van der Waals surface area contributed by atoms with Gasteiger partial charge in [0.2, 0.25) is 11.8 Å². The minimum Gasteiger partial charge on any atom is -0.508 e. The van der Waals surface area contributed by atoms with E-state index in [4.69, 9.17) is 32.5 Å². The lowest BCUT2D eigenvalue weighted by Crippen LogP contribution is -2.51. The number of carbonyl (C=O) groups is 8. The first-order chi connectivity index (χ1) is 33.7. The Labute approximate surface area is 415 Å². The quantitative estimate of drug-likeness (QED) is 0.0305. The maximum absolute atomic E-state index is 12.7. The van der Waals surface area contributed by atoms with Gasteiger partial charge >= 0.3 is 35.9 Å². The third kappa shape index (κ3) is 27.8. The second kappa shape index (κ2) is 33.6. The van der Waals surface area contributed by atoms with Gasteiger partial charge in [-0.3, -0.25) is 33.8 Å². The predicted molar refractivity (Wildman–Crippen MR) is 256 cm³/mol. The fourth-order valence-electron chi connectivity index (χ4n) is 6.78. The van der Waals surface area contributed by atoms with Crippen molar-refractivity contribution in [3.05, 3.63) is 58.7 Å². The lowest BCUT2D eigenvalue weighted by Gasteiger charge is -2.26. The smallest absolute Gasteiger partial charge is 0.326 e. The van der Waals surface area contributed by atoms with E-state index in [1.165, 1.54) is 21.9 Å². The highest BCUT2D eigenvalue weighted by Crippen LogP contribution is 2.23. The van der Waals surface area contributed by atoms with Crippen LogP contribution in [0.4, 0.5) is 4.79 Å². The number of nitrogens with one attached hydrogen (secondary N) is 5. The number of benzene rings is 2. The Bertz CT molecular complexity index is 2100. The molecule has 4 amide bonds. The third-order valence-corrected chi connectivity index (χ3v) is 10.5. The fraction of sp³-hybridized carbons (Fsp3) is 0.533. The average molecular weight is 1020 g/mol. The number of unbranched alkanes of at least 4 members (excludes halogenated alkanes) is 1. The molecule has 2 rings (SSSR count). The number of thiocarbonyl (C=S) groups is 1. The predicted octanol–water partition coefficient (Wildman–Crippen LogP) is -0.224. The molecule has 0 saturated carbocycles. The molecule has 0 saturated heterocycles. The van der Waals surface area contributed by atoms with Crippen LogP contribution in [0.25, 0.3) is 0 Å². The van der Waals surface area contributed by atoms with Gasteiger partial charge in [0.1, 0.15) is 23.6 Å². The molecule has 0 spiro atoms. The number of aryl methyl sites for hydroxylation is 2. The zero-order valence-electron chi connectivity index (χ0n) is 39.3. The Morgan fingerprint density at radius 3 is 1.46 bits per heavy atom. The van der Waals surface area contributed by atoms with Gasteiger partial charge in [-0.25, -0.2) is 14.4 Å². The second-order valence-electron chi connectivity index (χ2n) is 16.2. The lowest BCUT2D eigenvalue weighted by molar-refractivity contribution is -0.141. The molecule has 0 aromatic heterocycles. The number of phenols is 2. The first-order valence-corrected chi connectivity index (χ1v) is 23.1. The monoisotopic (exact) mass is 1020 g/mol. The Balaban J connectivity index is 1.89. The van der Waals surface area contributed by atoms with Crippen molar-refractivity contribution in [1.29, 1.82) is 0 Å². The fourth-order valence-corrected chi connectivity index (χ4v) is 6.88. The van der Waals surface area contributed by atoms with Crippen LogP contribution in [-0.2, 0) is 69.0 Å². The molecule has 394 valence electrons. The summed E-state index contributed by atoms with van der Waals surface area (Å²) in [5.74, 6) is -7.25. The number of aliphatic carboxylic acids is 5. The molecule has 25 nitrogen and oxygen atoms in total. The highest BCUT2D eigenvalue weighted by molar-refractivity contribution is 7.80. The van der Waals surface area contributed by atoms with Crippen LogP contribution in [0, 0.1) is 0 Å². The van der Waals surface area contributed by atoms with Crippen LogP contribution >= 0.6 is 12.2 Å². The van der Waals surface area contributed by atoms with E-state index in [9.17, 15) is 69.0 Å². The molecule has 2 aromatic carbocycles. The second-order valence-corrected chi connectivity index (χ2v) is 16.6. The minimum absolute atomic E-state index is 0.0198. The Morgan fingerprint density at radius 1 is 0.577 bits per heavy atom. The van der Waals surface area contributed by atoms with E-state index in [2.05, 4.69) is 26.6 Å². The summed E-state index contributed by atoms with van der Waals surface area (Å²) >= 11 is 4.71. The SMILES string of the molecule is NC(=S)NCCOCCOCCNC(=O)CCc1ccc(O)c(CN(CCN(CC(=O)O)Cc2cc(CCC(=O)NCCCCC(NC(=O)NC(CCC(=O)O)C(=O)O)C(=O)O)ccc2O)CC(=O)O)c1. The van der Waals surface area contributed by atoms with E-state index in [0.717, 1.165) is 5.56 Å². The van der Waals surface area contributed by atoms with Crippen molar-refractivity contribution in [2.24, 2.45) is 5.73 Å². The van der Waals surface area contributed by atoms with Gasteiger partial charge in [-0.2, -0.15) is 0 Å². The number of carboxylic acid groups (broad SMARTS) is 5. The molecule has 26 heteroatoms. The molecule has 2 unspecified atom stereocenters. The number of hydrogen-bond acceptors (Lipinski definition) is 15. The van der Waals surface area contributed by atoms with Gasteiger partial charge < -0.3 is 77.5 Å². The van der Waals surface area contributed by atoms with Gasteiger partial charge in [-0.15, -0.1) is 0 Å². The number of phenolic OH excluding ortho intramolecular Hbond substituents is 2. The van der Waals surface area contributed by atoms with E-state index in [-0.39, 0.29) is 106 Å². The normalized spacial score (nSPS) is 11.9. The number of rotatable bonds is 38. The van der Waals surface area contributed by atoms with Gasteiger partial charge in [0.15, 0.2) is 5.11 Å². The van der Waals surface area contributed by atoms with Crippen LogP contribution in [-0.4, -0.2) is 183 Å². The first kappa shape index (κ1) is 60.3. The molecular formula is C45H66N8O17S. The van der Waals surface area contributed by atoms with Crippen molar-refractivity contribution < 1.29 is 83.6 Å². The van der Waals surface area contributed by atoms with Crippen LogP contribution in [0.15, 0.2) is 36.4 Å². The number of amides is 4. The summed E-state index contributed by atoms with van der Waals surface area (Å²) in [5.41, 5.74) is 7.46. The molecular weight excluding hydrogens is 957 g/mol. The summed E-state index contributed by atoms with van der Waals surface area (Å²) < 4.78 is 10.8.